The minimum Gasteiger partial charge on any atom is -0.545 e. The second kappa shape index (κ2) is 7.53. The first-order valence-electron chi connectivity index (χ1n) is 7.91. The van der Waals surface area contributed by atoms with E-state index in [9.17, 15) is 19.5 Å². The average molecular weight is 354 g/mol. The number of nitrogens with zero attached hydrogens (tertiary/aromatic N) is 1. The largest absolute Gasteiger partial charge is 0.545 e. The number of thioether (sulfide) groups is 1. The van der Waals surface area contributed by atoms with Gasteiger partial charge in [-0.25, -0.2) is 0 Å². The third-order valence-electron chi connectivity index (χ3n) is 4.05. The van der Waals surface area contributed by atoms with Crippen molar-refractivity contribution in [2.75, 3.05) is 6.54 Å². The number of carbonyl (C=O) groups is 3. The quantitative estimate of drug-likeness (QED) is 0.735. The number of amides is 2. The highest BCUT2D eigenvalue weighted by atomic mass is 32.2. The Kier molecular flexibility index (Phi) is 5.19. The summed E-state index contributed by atoms with van der Waals surface area (Å²) in [6.07, 6.45) is 0.686. The molecule has 1 aliphatic heterocycles. The summed E-state index contributed by atoms with van der Waals surface area (Å²) in [6.45, 7) is 0.334. The van der Waals surface area contributed by atoms with Gasteiger partial charge in [0.1, 0.15) is 0 Å². The van der Waals surface area contributed by atoms with E-state index in [2.05, 4.69) is 0 Å². The van der Waals surface area contributed by atoms with Gasteiger partial charge in [0.15, 0.2) is 0 Å². The van der Waals surface area contributed by atoms with E-state index < -0.39 is 11.2 Å². The predicted octanol–water partition coefficient (Wildman–Crippen LogP) is 1.51. The maximum absolute atomic E-state index is 12.5. The van der Waals surface area contributed by atoms with Crippen LogP contribution in [0.4, 0.5) is 0 Å². The molecule has 3 rings (SSSR count). The monoisotopic (exact) mass is 354 g/mol. The molecular weight excluding hydrogens is 338 g/mol. The Morgan fingerprint density at radius 2 is 1.76 bits per heavy atom. The summed E-state index contributed by atoms with van der Waals surface area (Å²) >= 11 is 1.11. The van der Waals surface area contributed by atoms with E-state index in [1.807, 2.05) is 30.3 Å². The molecule has 1 fully saturated rings. The van der Waals surface area contributed by atoms with Gasteiger partial charge in [-0.3, -0.25) is 14.5 Å². The fourth-order valence-electron chi connectivity index (χ4n) is 2.76. The lowest BCUT2D eigenvalue weighted by Crippen LogP contribution is -2.33. The van der Waals surface area contributed by atoms with Crippen molar-refractivity contribution < 1.29 is 19.5 Å². The fourth-order valence-corrected chi connectivity index (χ4v) is 3.95. The van der Waals surface area contributed by atoms with Gasteiger partial charge in [0.25, 0.3) is 0 Å². The molecule has 0 aromatic heterocycles. The second-order valence-electron chi connectivity index (χ2n) is 5.71. The number of aromatic carboxylic acids is 1. The highest BCUT2D eigenvalue weighted by molar-refractivity contribution is 8.00. The van der Waals surface area contributed by atoms with E-state index >= 15 is 0 Å². The standard InChI is InChI=1S/C19H17NO4S/c21-17-12-16(25-15-9-5-4-8-14(15)19(23)24)18(22)20(17)11-10-13-6-2-1-3-7-13/h1-9,16H,10-12H2,(H,23,24)/p-1/t16-/m0/s1. The molecule has 6 heteroatoms. The highest BCUT2D eigenvalue weighted by Gasteiger charge is 2.39. The zero-order chi connectivity index (χ0) is 17.8. The summed E-state index contributed by atoms with van der Waals surface area (Å²) in [5.41, 5.74) is 1.09. The molecule has 2 aromatic carbocycles. The number of likely N-dealkylation sites (tertiary alicyclic amines) is 1. The molecule has 0 N–H and O–H groups in total. The topological polar surface area (TPSA) is 77.5 Å². The van der Waals surface area contributed by atoms with Crippen molar-refractivity contribution in [3.63, 3.8) is 0 Å². The van der Waals surface area contributed by atoms with Gasteiger partial charge < -0.3 is 9.90 Å². The van der Waals surface area contributed by atoms with Crippen LogP contribution in [0.5, 0.6) is 0 Å². The van der Waals surface area contributed by atoms with Crippen LogP contribution in [0.1, 0.15) is 22.3 Å². The van der Waals surface area contributed by atoms with Crippen LogP contribution in [0, 0.1) is 0 Å². The Morgan fingerprint density at radius 3 is 2.48 bits per heavy atom. The number of carbonyl (C=O) groups excluding carboxylic acids is 3. The van der Waals surface area contributed by atoms with Crippen LogP contribution in [-0.4, -0.2) is 34.5 Å². The molecule has 1 heterocycles. The van der Waals surface area contributed by atoms with Gasteiger partial charge >= 0.3 is 0 Å². The van der Waals surface area contributed by atoms with E-state index in [0.717, 1.165) is 17.3 Å². The number of imide groups is 1. The van der Waals surface area contributed by atoms with Crippen molar-refractivity contribution in [1.82, 2.24) is 4.90 Å². The predicted molar refractivity (Wildman–Crippen MR) is 91.9 cm³/mol. The smallest absolute Gasteiger partial charge is 0.243 e. The van der Waals surface area contributed by atoms with Crippen molar-refractivity contribution >= 4 is 29.5 Å². The molecule has 0 bridgehead atoms. The van der Waals surface area contributed by atoms with Crippen molar-refractivity contribution in [1.29, 1.82) is 0 Å². The van der Waals surface area contributed by atoms with Gasteiger partial charge in [0.2, 0.25) is 11.8 Å². The lowest BCUT2D eigenvalue weighted by atomic mass is 10.1. The van der Waals surface area contributed by atoms with Crippen LogP contribution in [0.15, 0.2) is 59.5 Å². The Morgan fingerprint density at radius 1 is 1.08 bits per heavy atom. The van der Waals surface area contributed by atoms with Crippen molar-refractivity contribution in [2.24, 2.45) is 0 Å². The van der Waals surface area contributed by atoms with Crippen LogP contribution in [0.2, 0.25) is 0 Å². The van der Waals surface area contributed by atoms with E-state index in [0.29, 0.717) is 17.9 Å². The minimum atomic E-state index is -1.29. The molecule has 1 aliphatic rings. The van der Waals surface area contributed by atoms with Crippen molar-refractivity contribution in [3.8, 4) is 0 Å². The number of rotatable bonds is 6. The maximum atomic E-state index is 12.5. The van der Waals surface area contributed by atoms with E-state index in [1.165, 1.54) is 11.0 Å². The number of benzene rings is 2. The Balaban J connectivity index is 1.68. The average Bonchev–Trinajstić information content (AvgIpc) is 2.88. The van der Waals surface area contributed by atoms with E-state index in [4.69, 9.17) is 0 Å². The second-order valence-corrected chi connectivity index (χ2v) is 6.96. The molecule has 1 atom stereocenters. The molecule has 0 aliphatic carbocycles. The number of carboxylic acids is 1. The SMILES string of the molecule is O=C([O-])c1ccccc1S[C@H]1CC(=O)N(CCc2ccccc2)C1=O. The number of hydrogen-bond acceptors (Lipinski definition) is 5. The first-order valence-corrected chi connectivity index (χ1v) is 8.79. The third kappa shape index (κ3) is 3.91. The number of hydrogen-bond donors (Lipinski definition) is 0. The number of carboxylic acid groups (broad SMARTS) is 1. The van der Waals surface area contributed by atoms with Gasteiger partial charge in [-0.2, -0.15) is 0 Å². The van der Waals surface area contributed by atoms with Crippen molar-refractivity contribution in [2.45, 2.75) is 23.0 Å². The fraction of sp³-hybridized carbons (Fsp3) is 0.211. The molecule has 5 nitrogen and oxygen atoms in total. The lowest BCUT2D eigenvalue weighted by Gasteiger charge is -2.16. The van der Waals surface area contributed by atoms with Crippen LogP contribution >= 0.6 is 11.8 Å². The lowest BCUT2D eigenvalue weighted by molar-refractivity contribution is -0.255. The molecule has 25 heavy (non-hydrogen) atoms. The van der Waals surface area contributed by atoms with Crippen LogP contribution in [0.3, 0.4) is 0 Å². The Labute approximate surface area is 149 Å². The summed E-state index contributed by atoms with van der Waals surface area (Å²) < 4.78 is 0. The summed E-state index contributed by atoms with van der Waals surface area (Å²) in [5.74, 6) is -1.77. The molecule has 0 saturated carbocycles. The van der Waals surface area contributed by atoms with E-state index in [-0.39, 0.29) is 23.8 Å². The van der Waals surface area contributed by atoms with Gasteiger partial charge in [-0.05, 0) is 18.1 Å². The molecule has 2 amide bonds. The van der Waals surface area contributed by atoms with Crippen LogP contribution < -0.4 is 5.11 Å². The Bertz CT molecular complexity index is 806. The summed E-state index contributed by atoms with van der Waals surface area (Å²) in [5, 5.41) is 10.6. The molecule has 128 valence electrons. The molecule has 0 unspecified atom stereocenters. The minimum absolute atomic E-state index is 0.0375. The molecular formula is C19H16NO4S-. The molecule has 1 saturated heterocycles. The van der Waals surface area contributed by atoms with Crippen molar-refractivity contribution in [3.05, 3.63) is 65.7 Å². The van der Waals surface area contributed by atoms with E-state index in [1.54, 1.807) is 18.2 Å². The first-order chi connectivity index (χ1) is 12.1. The summed E-state index contributed by atoms with van der Waals surface area (Å²) in [6, 6.07) is 16.0. The zero-order valence-electron chi connectivity index (χ0n) is 13.4. The molecule has 0 spiro atoms. The normalized spacial score (nSPS) is 17.1. The third-order valence-corrected chi connectivity index (χ3v) is 5.31. The van der Waals surface area contributed by atoms with Crippen LogP contribution in [0.25, 0.3) is 0 Å². The zero-order valence-corrected chi connectivity index (χ0v) is 14.2. The van der Waals surface area contributed by atoms with Crippen LogP contribution in [-0.2, 0) is 16.0 Å². The van der Waals surface area contributed by atoms with Gasteiger partial charge in [0.05, 0.1) is 11.2 Å². The van der Waals surface area contributed by atoms with Gasteiger partial charge in [-0.15, -0.1) is 11.8 Å². The van der Waals surface area contributed by atoms with Gasteiger partial charge in [0, 0.05) is 23.4 Å². The highest BCUT2D eigenvalue weighted by Crippen LogP contribution is 2.33. The molecule has 2 aromatic rings. The summed E-state index contributed by atoms with van der Waals surface area (Å²) in [4.78, 5) is 37.6. The Hall–Kier alpha value is -2.60. The first kappa shape index (κ1) is 17.2. The molecule has 0 radical (unpaired) electrons. The maximum Gasteiger partial charge on any atom is 0.243 e. The van der Waals surface area contributed by atoms with Gasteiger partial charge in [-0.1, -0.05) is 48.5 Å². The summed E-state index contributed by atoms with van der Waals surface area (Å²) in [7, 11) is 0.